The highest BCUT2D eigenvalue weighted by molar-refractivity contribution is 6.01. The van der Waals surface area contributed by atoms with E-state index in [1.165, 1.54) is 6.08 Å². The summed E-state index contributed by atoms with van der Waals surface area (Å²) in [5.41, 5.74) is 3.73. The van der Waals surface area contributed by atoms with E-state index in [-0.39, 0.29) is 36.4 Å². The first-order valence-electron chi connectivity index (χ1n) is 14.6. The van der Waals surface area contributed by atoms with Gasteiger partial charge in [0.2, 0.25) is 6.79 Å². The summed E-state index contributed by atoms with van der Waals surface area (Å²) in [6, 6.07) is 5.51. The van der Waals surface area contributed by atoms with Gasteiger partial charge in [-0.1, -0.05) is 49.8 Å². The Balaban J connectivity index is 1.16. The maximum atomic E-state index is 12.7. The van der Waals surface area contributed by atoms with E-state index in [1.807, 2.05) is 38.1 Å². The minimum atomic E-state index is -0.402. The molecule has 0 radical (unpaired) electrons. The Kier molecular flexibility index (Phi) is 8.48. The normalized spacial score (nSPS) is 31.2. The van der Waals surface area contributed by atoms with E-state index in [2.05, 4.69) is 32.1 Å². The average molecular weight is 557 g/mol. The number of rotatable bonds is 8. The summed E-state index contributed by atoms with van der Waals surface area (Å²) in [4.78, 5) is 36.8. The molecule has 41 heavy (non-hydrogen) atoms. The average Bonchev–Trinajstić information content (AvgIpc) is 3.61. The van der Waals surface area contributed by atoms with Crippen LogP contribution >= 0.6 is 0 Å². The van der Waals surface area contributed by atoms with E-state index in [0.29, 0.717) is 34.8 Å². The van der Waals surface area contributed by atoms with Gasteiger partial charge in [-0.2, -0.15) is 0 Å². The zero-order valence-corrected chi connectivity index (χ0v) is 24.4. The second-order valence-electron chi connectivity index (χ2n) is 12.4. The summed E-state index contributed by atoms with van der Waals surface area (Å²) in [6.45, 7) is 9.09. The lowest BCUT2D eigenvalue weighted by Gasteiger charge is -2.40. The third kappa shape index (κ3) is 6.17. The van der Waals surface area contributed by atoms with Crippen LogP contribution in [0.2, 0.25) is 0 Å². The molecular weight excluding hydrogens is 516 g/mol. The number of carbonyl (C=O) groups excluding carboxylic acids is 3. The molecule has 1 saturated carbocycles. The van der Waals surface area contributed by atoms with Gasteiger partial charge in [-0.25, -0.2) is 4.79 Å². The van der Waals surface area contributed by atoms with Crippen molar-refractivity contribution in [3.63, 3.8) is 0 Å². The zero-order chi connectivity index (χ0) is 29.1. The van der Waals surface area contributed by atoms with Crippen molar-refractivity contribution in [2.24, 2.45) is 35.0 Å². The fraction of sp³-hybridized carbons (Fsp3) is 0.457. The number of fused-ring (bicyclic) bond motifs is 3. The van der Waals surface area contributed by atoms with Gasteiger partial charge in [-0.05, 0) is 110 Å². The minimum Gasteiger partial charge on any atom is -0.458 e. The maximum absolute atomic E-state index is 12.7. The van der Waals surface area contributed by atoms with Crippen LogP contribution in [0.15, 0.2) is 71.4 Å². The summed E-state index contributed by atoms with van der Waals surface area (Å²) in [7, 11) is 0. The Morgan fingerprint density at radius 2 is 2.05 bits per heavy atom. The lowest BCUT2D eigenvalue weighted by molar-refractivity contribution is -0.136. The largest absolute Gasteiger partial charge is 0.458 e. The molecule has 216 valence electrons. The van der Waals surface area contributed by atoms with Crippen molar-refractivity contribution in [3.8, 4) is 11.5 Å². The van der Waals surface area contributed by atoms with Crippen LogP contribution < -0.4 is 9.47 Å². The van der Waals surface area contributed by atoms with Gasteiger partial charge in [0.25, 0.3) is 0 Å². The Labute approximate surface area is 242 Å². The molecule has 0 saturated heterocycles. The molecule has 0 amide bonds. The first kappa shape index (κ1) is 28.8. The number of ketones is 1. The quantitative estimate of drug-likeness (QED) is 0.151. The second kappa shape index (κ2) is 12.1. The molecular formula is C35H40O6. The molecule has 0 N–H and O–H groups in total. The standard InChI is InChI=1S/C35H40O6/c1-22(20-39-33(38)13-9-25-8-12-31-32(17-25)41-21-40-31)6-5-7-23(2)27-14-15-35(4)18-28-24(3)16-30(37)34(28)26(19-36)10-11-29(27)35/h5-10,12-13,16-17,19,23,27-29,34H,11,14-15,18,20-21H2,1-4H3/b7-5-,13-9+,22-6-,26-10-/t23-,27+,28+,29-,34-,35+/m0/s1. The lowest BCUT2D eigenvalue weighted by Crippen LogP contribution is -2.34. The minimum absolute atomic E-state index is 0.0901. The topological polar surface area (TPSA) is 78.9 Å². The van der Waals surface area contributed by atoms with E-state index in [4.69, 9.17) is 14.2 Å². The third-order valence-electron chi connectivity index (χ3n) is 9.63. The number of hydrogen-bond acceptors (Lipinski definition) is 6. The number of allylic oxidation sites excluding steroid dienone is 7. The smallest absolute Gasteiger partial charge is 0.331 e. The Morgan fingerprint density at radius 3 is 2.85 bits per heavy atom. The molecule has 0 spiro atoms. The molecule has 6 heteroatoms. The van der Waals surface area contributed by atoms with Crippen molar-refractivity contribution in [2.45, 2.75) is 53.4 Å². The second-order valence-corrected chi connectivity index (χ2v) is 12.4. The lowest BCUT2D eigenvalue weighted by atomic mass is 9.63. The fourth-order valence-electron chi connectivity index (χ4n) is 7.31. The molecule has 1 fully saturated rings. The van der Waals surface area contributed by atoms with Crippen LogP contribution in [0.4, 0.5) is 0 Å². The zero-order valence-electron chi connectivity index (χ0n) is 24.4. The number of esters is 1. The van der Waals surface area contributed by atoms with Crippen LogP contribution in [0.25, 0.3) is 6.08 Å². The van der Waals surface area contributed by atoms with Gasteiger partial charge in [-0.3, -0.25) is 9.59 Å². The molecule has 0 aromatic heterocycles. The van der Waals surface area contributed by atoms with Crippen molar-refractivity contribution in [1.82, 2.24) is 0 Å². The van der Waals surface area contributed by atoms with Crippen molar-refractivity contribution < 1.29 is 28.6 Å². The van der Waals surface area contributed by atoms with Crippen molar-refractivity contribution in [2.75, 3.05) is 13.4 Å². The van der Waals surface area contributed by atoms with Crippen LogP contribution in [-0.4, -0.2) is 31.4 Å². The van der Waals surface area contributed by atoms with Crippen molar-refractivity contribution in [3.05, 3.63) is 76.9 Å². The van der Waals surface area contributed by atoms with E-state index in [9.17, 15) is 14.4 Å². The van der Waals surface area contributed by atoms with Gasteiger partial charge in [0.1, 0.15) is 12.9 Å². The van der Waals surface area contributed by atoms with Gasteiger partial charge in [-0.15, -0.1) is 0 Å². The number of ether oxygens (including phenoxy) is 3. The first-order valence-corrected chi connectivity index (χ1v) is 14.6. The Bertz CT molecular complexity index is 1360. The Hall–Kier alpha value is -3.67. The van der Waals surface area contributed by atoms with Gasteiger partial charge >= 0.3 is 5.97 Å². The molecule has 3 aliphatic carbocycles. The predicted octanol–water partition coefficient (Wildman–Crippen LogP) is 6.82. The maximum Gasteiger partial charge on any atom is 0.331 e. The number of hydrogen-bond donors (Lipinski definition) is 0. The van der Waals surface area contributed by atoms with Gasteiger partial charge in [0, 0.05) is 6.08 Å². The van der Waals surface area contributed by atoms with Crippen LogP contribution in [0.3, 0.4) is 0 Å². The van der Waals surface area contributed by atoms with Gasteiger partial charge in [0.15, 0.2) is 17.3 Å². The Morgan fingerprint density at radius 1 is 1.24 bits per heavy atom. The van der Waals surface area contributed by atoms with Gasteiger partial charge in [0.05, 0.1) is 5.92 Å². The van der Waals surface area contributed by atoms with Crippen LogP contribution in [-0.2, 0) is 19.1 Å². The first-order chi connectivity index (χ1) is 19.7. The third-order valence-corrected chi connectivity index (χ3v) is 9.63. The van der Waals surface area contributed by atoms with Crippen LogP contribution in [0, 0.1) is 35.0 Å². The molecule has 1 heterocycles. The molecule has 0 bridgehead atoms. The summed E-state index contributed by atoms with van der Waals surface area (Å²) in [5, 5.41) is 0. The summed E-state index contributed by atoms with van der Waals surface area (Å²) >= 11 is 0. The van der Waals surface area contributed by atoms with Crippen molar-refractivity contribution in [1.29, 1.82) is 0 Å². The predicted molar refractivity (Wildman–Crippen MR) is 158 cm³/mol. The number of benzene rings is 1. The molecule has 4 aliphatic rings. The van der Waals surface area contributed by atoms with Gasteiger partial charge < -0.3 is 14.2 Å². The van der Waals surface area contributed by atoms with E-state index < -0.39 is 5.97 Å². The molecule has 5 rings (SSSR count). The summed E-state index contributed by atoms with van der Waals surface area (Å²) in [5.74, 6) is 2.24. The van der Waals surface area contributed by atoms with Crippen LogP contribution in [0.1, 0.15) is 58.9 Å². The molecule has 6 nitrogen and oxygen atoms in total. The molecule has 1 aromatic carbocycles. The molecule has 6 atom stereocenters. The van der Waals surface area contributed by atoms with Crippen LogP contribution in [0.5, 0.6) is 11.5 Å². The molecule has 0 unspecified atom stereocenters. The highest BCUT2D eigenvalue weighted by atomic mass is 16.7. The highest BCUT2D eigenvalue weighted by Crippen LogP contribution is 2.58. The number of carbonyl (C=O) groups is 3. The fourth-order valence-corrected chi connectivity index (χ4v) is 7.31. The van der Waals surface area contributed by atoms with E-state index in [1.54, 1.807) is 12.2 Å². The molecule has 1 aromatic rings. The SMILES string of the molecule is CC1=CC(=O)[C@H]2/C(C=O)=C\C[C@H]3[C@@H]([C@@H](C)/C=C\C=C(\C)COC(=O)/C=C/c4ccc5c(c4)OCO5)CC[C@]3(C)C[C@H]12. The summed E-state index contributed by atoms with van der Waals surface area (Å²) in [6.07, 6.45) is 18.2. The molecule has 1 aliphatic heterocycles. The van der Waals surface area contributed by atoms with E-state index in [0.717, 1.165) is 48.7 Å². The highest BCUT2D eigenvalue weighted by Gasteiger charge is 2.50. The number of aldehydes is 1. The monoisotopic (exact) mass is 556 g/mol. The summed E-state index contributed by atoms with van der Waals surface area (Å²) < 4.78 is 16.1. The van der Waals surface area contributed by atoms with E-state index >= 15 is 0 Å². The van der Waals surface area contributed by atoms with Crippen molar-refractivity contribution >= 4 is 24.1 Å².